The van der Waals surface area contributed by atoms with Crippen molar-refractivity contribution in [1.82, 2.24) is 10.2 Å². The van der Waals surface area contributed by atoms with Gasteiger partial charge in [0.05, 0.1) is 7.11 Å². The molecule has 0 saturated carbocycles. The van der Waals surface area contributed by atoms with E-state index in [0.717, 1.165) is 11.1 Å². The number of nitrogens with two attached hydrogens (primary N) is 1. The van der Waals surface area contributed by atoms with Crippen LogP contribution in [0.3, 0.4) is 0 Å². The largest absolute Gasteiger partial charge is 0.497 e. The smallest absolute Gasteiger partial charge is 0.408 e. The highest BCUT2D eigenvalue weighted by molar-refractivity contribution is 5.99. The lowest BCUT2D eigenvalue weighted by Crippen LogP contribution is -2.51. The number of nitrogens with zero attached hydrogens (tertiary/aromatic N) is 1. The van der Waals surface area contributed by atoms with Crippen molar-refractivity contribution >= 4 is 29.5 Å². The molecule has 10 heteroatoms. The minimum atomic E-state index is -1.15. The van der Waals surface area contributed by atoms with Crippen molar-refractivity contribution < 1.29 is 28.7 Å². The fraction of sp³-hybridized carbons (Fsp3) is 0.429. The summed E-state index contributed by atoms with van der Waals surface area (Å²) in [5.74, 6) is -1.02. The molecule has 2 atom stereocenters. The van der Waals surface area contributed by atoms with E-state index in [0.29, 0.717) is 17.0 Å². The Morgan fingerprint density at radius 1 is 1.03 bits per heavy atom. The Morgan fingerprint density at radius 2 is 1.66 bits per heavy atom. The first-order valence-electron chi connectivity index (χ1n) is 12.3. The lowest BCUT2D eigenvalue weighted by Gasteiger charge is -2.32. The Morgan fingerprint density at radius 3 is 2.21 bits per heavy atom. The predicted molar refractivity (Wildman–Crippen MR) is 145 cm³/mol. The molecule has 0 heterocycles. The van der Waals surface area contributed by atoms with Crippen LogP contribution in [-0.2, 0) is 19.1 Å². The van der Waals surface area contributed by atoms with E-state index in [1.54, 1.807) is 52.1 Å². The third kappa shape index (κ3) is 8.79. The van der Waals surface area contributed by atoms with Gasteiger partial charge in [-0.15, -0.1) is 0 Å². The third-order valence-corrected chi connectivity index (χ3v) is 5.74. The Balaban J connectivity index is 2.43. The maximum atomic E-state index is 13.7. The van der Waals surface area contributed by atoms with Crippen molar-refractivity contribution in [2.75, 3.05) is 19.5 Å². The topological polar surface area (TPSA) is 140 Å². The van der Waals surface area contributed by atoms with Gasteiger partial charge in [0.1, 0.15) is 23.4 Å². The first-order valence-corrected chi connectivity index (χ1v) is 12.3. The number of amides is 4. The predicted octanol–water partition coefficient (Wildman–Crippen LogP) is 3.61. The Kier molecular flexibility index (Phi) is 10.3. The van der Waals surface area contributed by atoms with Gasteiger partial charge in [-0.05, 0) is 76.4 Å². The lowest BCUT2D eigenvalue weighted by atomic mass is 9.96. The van der Waals surface area contributed by atoms with Crippen LogP contribution in [0, 0.1) is 13.8 Å². The number of aryl methyl sites for hydroxylation is 2. The highest BCUT2D eigenvalue weighted by Gasteiger charge is 2.35. The van der Waals surface area contributed by atoms with E-state index in [9.17, 15) is 19.2 Å². The van der Waals surface area contributed by atoms with Gasteiger partial charge in [0.25, 0.3) is 5.91 Å². The summed E-state index contributed by atoms with van der Waals surface area (Å²) in [6.45, 7) is 8.82. The number of primary amides is 1. The molecule has 0 aliphatic rings. The van der Waals surface area contributed by atoms with E-state index in [1.165, 1.54) is 11.9 Å². The number of benzene rings is 2. The van der Waals surface area contributed by atoms with E-state index in [2.05, 4.69) is 10.6 Å². The molecule has 0 spiro atoms. The summed E-state index contributed by atoms with van der Waals surface area (Å²) in [4.78, 5) is 52.6. The van der Waals surface area contributed by atoms with Crippen LogP contribution in [0.25, 0.3) is 0 Å². The fourth-order valence-corrected chi connectivity index (χ4v) is 3.83. The molecular weight excluding hydrogens is 488 g/mol. The SMILES string of the molecule is COc1ccc(NC(=O)C(c2cc(C)ccc2C)N(C)C(=O)C(CCC(N)=O)NC(=O)OC(C)(C)C)cc1. The lowest BCUT2D eigenvalue weighted by molar-refractivity contribution is -0.139. The van der Waals surface area contributed by atoms with Crippen LogP contribution in [-0.4, -0.2) is 54.5 Å². The number of ether oxygens (including phenoxy) is 2. The second kappa shape index (κ2) is 12.9. The first-order chi connectivity index (χ1) is 17.7. The molecule has 2 aromatic carbocycles. The second-order valence-corrected chi connectivity index (χ2v) is 10.1. The van der Waals surface area contributed by atoms with Crippen molar-refractivity contribution in [2.24, 2.45) is 5.73 Å². The molecule has 0 aliphatic carbocycles. The number of carbonyl (C=O) groups is 4. The summed E-state index contributed by atoms with van der Waals surface area (Å²) in [5.41, 5.74) is 7.37. The third-order valence-electron chi connectivity index (χ3n) is 5.74. The van der Waals surface area contributed by atoms with Gasteiger partial charge in [0, 0.05) is 19.2 Å². The van der Waals surface area contributed by atoms with Gasteiger partial charge >= 0.3 is 6.09 Å². The molecule has 2 aromatic rings. The van der Waals surface area contributed by atoms with Crippen molar-refractivity contribution in [2.45, 2.75) is 65.1 Å². The van der Waals surface area contributed by atoms with Crippen LogP contribution in [0.15, 0.2) is 42.5 Å². The molecule has 4 N–H and O–H groups in total. The van der Waals surface area contributed by atoms with Crippen LogP contribution in [0.4, 0.5) is 10.5 Å². The number of nitrogens with one attached hydrogen (secondary N) is 2. The minimum absolute atomic E-state index is 0.0582. The summed E-state index contributed by atoms with van der Waals surface area (Å²) in [5, 5.41) is 5.40. The van der Waals surface area contributed by atoms with Gasteiger partial charge < -0.3 is 30.7 Å². The number of hydrogen-bond donors (Lipinski definition) is 3. The van der Waals surface area contributed by atoms with Crippen LogP contribution in [0.1, 0.15) is 56.3 Å². The van der Waals surface area contributed by atoms with Crippen molar-refractivity contribution in [3.05, 3.63) is 59.2 Å². The number of methoxy groups -OCH3 is 1. The number of carbonyl (C=O) groups excluding carboxylic acids is 4. The van der Waals surface area contributed by atoms with E-state index in [4.69, 9.17) is 15.2 Å². The molecule has 0 aliphatic heterocycles. The standard InChI is InChI=1S/C28H38N4O6/c1-17-8-9-18(2)21(16-17)24(25(34)30-19-10-12-20(37-7)13-11-19)32(6)26(35)22(14-15-23(29)33)31-27(36)38-28(3,4)5/h8-13,16,22,24H,14-15H2,1-7H3,(H2,29,33)(H,30,34)(H,31,36). The molecule has 38 heavy (non-hydrogen) atoms. The molecule has 2 unspecified atom stereocenters. The van der Waals surface area contributed by atoms with Gasteiger partial charge in [-0.2, -0.15) is 0 Å². The first kappa shape index (κ1) is 30.1. The van der Waals surface area contributed by atoms with Crippen molar-refractivity contribution in [3.8, 4) is 5.75 Å². The average Bonchev–Trinajstić information content (AvgIpc) is 2.82. The van der Waals surface area contributed by atoms with Gasteiger partial charge in [0.2, 0.25) is 11.8 Å². The molecule has 10 nitrogen and oxygen atoms in total. The maximum absolute atomic E-state index is 13.7. The summed E-state index contributed by atoms with van der Waals surface area (Å²) in [6, 6.07) is 10.3. The molecular formula is C28H38N4O6. The molecule has 2 rings (SSSR count). The Labute approximate surface area is 223 Å². The van der Waals surface area contributed by atoms with E-state index in [-0.39, 0.29) is 12.8 Å². The molecule has 0 aromatic heterocycles. The van der Waals surface area contributed by atoms with Crippen LogP contribution in [0.5, 0.6) is 5.75 Å². The Hall–Kier alpha value is -4.08. The number of anilines is 1. The maximum Gasteiger partial charge on any atom is 0.408 e. The molecule has 4 amide bonds. The molecule has 0 saturated heterocycles. The number of alkyl carbamates (subject to hydrolysis) is 1. The summed E-state index contributed by atoms with van der Waals surface area (Å²) >= 11 is 0. The van der Waals surface area contributed by atoms with E-state index in [1.807, 2.05) is 32.0 Å². The summed E-state index contributed by atoms with van der Waals surface area (Å²) in [7, 11) is 3.03. The Bertz CT molecular complexity index is 1160. The minimum Gasteiger partial charge on any atom is -0.497 e. The van der Waals surface area contributed by atoms with Gasteiger partial charge in [-0.1, -0.05) is 23.8 Å². The molecule has 206 valence electrons. The van der Waals surface area contributed by atoms with Gasteiger partial charge in [0.15, 0.2) is 0 Å². The second-order valence-electron chi connectivity index (χ2n) is 10.1. The normalized spacial score (nSPS) is 12.6. The molecule has 0 radical (unpaired) electrons. The molecule has 0 fully saturated rings. The quantitative estimate of drug-likeness (QED) is 0.432. The van der Waals surface area contributed by atoms with Crippen LogP contribution in [0.2, 0.25) is 0 Å². The highest BCUT2D eigenvalue weighted by Crippen LogP contribution is 2.27. The van der Waals surface area contributed by atoms with Crippen LogP contribution < -0.4 is 21.1 Å². The summed E-state index contributed by atoms with van der Waals surface area (Å²) < 4.78 is 10.5. The number of rotatable bonds is 10. The monoisotopic (exact) mass is 526 g/mol. The number of hydrogen-bond acceptors (Lipinski definition) is 6. The van der Waals surface area contributed by atoms with E-state index >= 15 is 0 Å². The zero-order valence-corrected chi connectivity index (χ0v) is 23.1. The zero-order valence-electron chi connectivity index (χ0n) is 23.1. The summed E-state index contributed by atoms with van der Waals surface area (Å²) in [6.07, 6.45) is -1.02. The number of likely N-dealkylation sites (N-methyl/N-ethyl adjacent to an activating group) is 1. The van der Waals surface area contributed by atoms with Crippen molar-refractivity contribution in [3.63, 3.8) is 0 Å². The average molecular weight is 527 g/mol. The van der Waals surface area contributed by atoms with Crippen molar-refractivity contribution in [1.29, 1.82) is 0 Å². The van der Waals surface area contributed by atoms with Gasteiger partial charge in [-0.3, -0.25) is 14.4 Å². The van der Waals surface area contributed by atoms with E-state index < -0.39 is 41.5 Å². The molecule has 0 bridgehead atoms. The zero-order chi connectivity index (χ0) is 28.6. The van der Waals surface area contributed by atoms with Gasteiger partial charge in [-0.25, -0.2) is 4.79 Å². The van der Waals surface area contributed by atoms with Crippen LogP contribution >= 0.6 is 0 Å². The highest BCUT2D eigenvalue weighted by atomic mass is 16.6. The fourth-order valence-electron chi connectivity index (χ4n) is 3.83.